The summed E-state index contributed by atoms with van der Waals surface area (Å²) in [5.41, 5.74) is 7.45. The molecule has 0 aliphatic heterocycles. The molecule has 0 saturated heterocycles. The van der Waals surface area contributed by atoms with Gasteiger partial charge in [-0.15, -0.1) is 0 Å². The van der Waals surface area contributed by atoms with E-state index in [1.165, 1.54) is 5.56 Å². The van der Waals surface area contributed by atoms with Crippen LogP contribution in [0.2, 0.25) is 10.0 Å². The number of nitrogens with zero attached hydrogens (tertiary/aromatic N) is 1. The fourth-order valence-corrected chi connectivity index (χ4v) is 2.82. The van der Waals surface area contributed by atoms with Gasteiger partial charge in [-0.3, -0.25) is 9.69 Å². The topological polar surface area (TPSA) is 58.4 Å². The van der Waals surface area contributed by atoms with Crippen LogP contribution < -0.4 is 11.1 Å². The summed E-state index contributed by atoms with van der Waals surface area (Å²) in [6, 6.07) is 15.2. The van der Waals surface area contributed by atoms with E-state index in [4.69, 9.17) is 28.9 Å². The molecule has 0 aliphatic rings. The Labute approximate surface area is 152 Å². The third-order valence-corrected chi connectivity index (χ3v) is 4.13. The zero-order chi connectivity index (χ0) is 17.4. The number of carbonyl (C=O) groups is 1. The molecule has 2 rings (SSSR count). The van der Waals surface area contributed by atoms with Gasteiger partial charge in [0.25, 0.3) is 0 Å². The van der Waals surface area contributed by atoms with E-state index in [0.717, 1.165) is 13.0 Å². The van der Waals surface area contributed by atoms with Gasteiger partial charge in [-0.25, -0.2) is 0 Å². The van der Waals surface area contributed by atoms with Crippen molar-refractivity contribution < 1.29 is 4.79 Å². The molecule has 0 radical (unpaired) electrons. The third kappa shape index (κ3) is 6.13. The summed E-state index contributed by atoms with van der Waals surface area (Å²) in [5, 5.41) is 3.77. The average Bonchev–Trinajstić information content (AvgIpc) is 2.56. The van der Waals surface area contributed by atoms with E-state index >= 15 is 0 Å². The number of anilines is 1. The largest absolute Gasteiger partial charge is 0.329 e. The first kappa shape index (κ1) is 18.7. The number of hydrogen-bond acceptors (Lipinski definition) is 3. The number of nitrogens with two attached hydrogens (primary N) is 1. The summed E-state index contributed by atoms with van der Waals surface area (Å²) in [5.74, 6) is -0.124. The van der Waals surface area contributed by atoms with E-state index in [0.29, 0.717) is 28.8 Å². The fourth-order valence-electron chi connectivity index (χ4n) is 2.37. The summed E-state index contributed by atoms with van der Waals surface area (Å²) in [7, 11) is 0. The monoisotopic (exact) mass is 365 g/mol. The summed E-state index contributed by atoms with van der Waals surface area (Å²) < 4.78 is 0. The van der Waals surface area contributed by atoms with Gasteiger partial charge < -0.3 is 11.1 Å². The van der Waals surface area contributed by atoms with E-state index in [1.807, 2.05) is 23.1 Å². The van der Waals surface area contributed by atoms with Crippen molar-refractivity contribution in [3.8, 4) is 0 Å². The molecule has 4 nitrogen and oxygen atoms in total. The van der Waals surface area contributed by atoms with Crippen molar-refractivity contribution >= 4 is 34.8 Å². The van der Waals surface area contributed by atoms with Crippen LogP contribution in [0.5, 0.6) is 0 Å². The Kier molecular flexibility index (Phi) is 7.53. The van der Waals surface area contributed by atoms with Crippen molar-refractivity contribution in [1.82, 2.24) is 4.90 Å². The van der Waals surface area contributed by atoms with Crippen molar-refractivity contribution in [3.05, 3.63) is 64.1 Å². The van der Waals surface area contributed by atoms with Crippen molar-refractivity contribution in [2.45, 2.75) is 6.42 Å². The predicted molar refractivity (Wildman–Crippen MR) is 101 cm³/mol. The summed E-state index contributed by atoms with van der Waals surface area (Å²) in [6.07, 6.45) is 0.871. The van der Waals surface area contributed by atoms with Crippen LogP contribution in [0.1, 0.15) is 5.56 Å². The molecule has 128 valence electrons. The van der Waals surface area contributed by atoms with Gasteiger partial charge in [0, 0.05) is 24.7 Å². The molecule has 0 bridgehead atoms. The van der Waals surface area contributed by atoms with Crippen LogP contribution in [0.3, 0.4) is 0 Å². The van der Waals surface area contributed by atoms with E-state index in [-0.39, 0.29) is 12.5 Å². The zero-order valence-electron chi connectivity index (χ0n) is 13.3. The molecule has 2 aromatic carbocycles. The maximum atomic E-state index is 12.3. The average molecular weight is 366 g/mol. The first-order valence-electron chi connectivity index (χ1n) is 7.79. The maximum Gasteiger partial charge on any atom is 0.238 e. The Hall–Kier alpha value is -1.59. The van der Waals surface area contributed by atoms with Crippen LogP contribution in [0.15, 0.2) is 48.5 Å². The molecule has 1 amide bonds. The lowest BCUT2D eigenvalue weighted by Crippen LogP contribution is -2.38. The smallest absolute Gasteiger partial charge is 0.238 e. The van der Waals surface area contributed by atoms with E-state index in [2.05, 4.69) is 17.4 Å². The molecular weight excluding hydrogens is 345 g/mol. The number of nitrogens with one attached hydrogen (secondary N) is 1. The minimum absolute atomic E-state index is 0.124. The summed E-state index contributed by atoms with van der Waals surface area (Å²) in [6.45, 7) is 2.20. The standard InChI is InChI=1S/C18H21Cl2N3O/c19-15-6-7-17(16(20)12-15)22-18(24)13-23(11-9-21)10-8-14-4-2-1-3-5-14/h1-7,12H,8-11,13,21H2,(H,22,24). The molecule has 24 heavy (non-hydrogen) atoms. The Morgan fingerprint density at radius 1 is 1.08 bits per heavy atom. The molecule has 6 heteroatoms. The van der Waals surface area contributed by atoms with Gasteiger partial charge in [-0.05, 0) is 30.2 Å². The molecule has 0 fully saturated rings. The van der Waals surface area contributed by atoms with Crippen LogP contribution in [0, 0.1) is 0 Å². The minimum Gasteiger partial charge on any atom is -0.329 e. The normalized spacial score (nSPS) is 10.8. The van der Waals surface area contributed by atoms with Gasteiger partial charge in [0.1, 0.15) is 0 Å². The highest BCUT2D eigenvalue weighted by Gasteiger charge is 2.12. The number of rotatable bonds is 8. The molecule has 0 atom stereocenters. The van der Waals surface area contributed by atoms with Crippen LogP contribution in [-0.2, 0) is 11.2 Å². The minimum atomic E-state index is -0.124. The quantitative estimate of drug-likeness (QED) is 0.753. The summed E-state index contributed by atoms with van der Waals surface area (Å²) in [4.78, 5) is 14.3. The van der Waals surface area contributed by atoms with Gasteiger partial charge in [0.2, 0.25) is 5.91 Å². The molecular formula is C18H21Cl2N3O. The SMILES string of the molecule is NCCN(CCc1ccccc1)CC(=O)Nc1ccc(Cl)cc1Cl. The number of benzene rings is 2. The zero-order valence-corrected chi connectivity index (χ0v) is 14.9. The lowest BCUT2D eigenvalue weighted by atomic mass is 10.1. The lowest BCUT2D eigenvalue weighted by Gasteiger charge is -2.21. The first-order chi connectivity index (χ1) is 11.6. The molecule has 0 saturated carbocycles. The second-order valence-corrected chi connectivity index (χ2v) is 6.32. The number of hydrogen-bond donors (Lipinski definition) is 2. The van der Waals surface area contributed by atoms with Gasteiger partial charge in [-0.2, -0.15) is 0 Å². The van der Waals surface area contributed by atoms with Crippen LogP contribution in [0.25, 0.3) is 0 Å². The Bertz CT molecular complexity index is 665. The van der Waals surface area contributed by atoms with E-state index < -0.39 is 0 Å². The van der Waals surface area contributed by atoms with Gasteiger partial charge >= 0.3 is 0 Å². The van der Waals surface area contributed by atoms with Gasteiger partial charge in [0.15, 0.2) is 0 Å². The number of amides is 1. The van der Waals surface area contributed by atoms with Crippen molar-refractivity contribution in [3.63, 3.8) is 0 Å². The van der Waals surface area contributed by atoms with Crippen LogP contribution in [-0.4, -0.2) is 37.0 Å². The Morgan fingerprint density at radius 2 is 1.83 bits per heavy atom. The van der Waals surface area contributed by atoms with Gasteiger partial charge in [0.05, 0.1) is 17.3 Å². The second kappa shape index (κ2) is 9.64. The first-order valence-corrected chi connectivity index (χ1v) is 8.55. The predicted octanol–water partition coefficient (Wildman–Crippen LogP) is 3.44. The fraction of sp³-hybridized carbons (Fsp3) is 0.278. The Morgan fingerprint density at radius 3 is 2.50 bits per heavy atom. The van der Waals surface area contributed by atoms with Gasteiger partial charge in [-0.1, -0.05) is 53.5 Å². The highest BCUT2D eigenvalue weighted by Crippen LogP contribution is 2.25. The molecule has 0 unspecified atom stereocenters. The Balaban J connectivity index is 1.90. The van der Waals surface area contributed by atoms with E-state index in [9.17, 15) is 4.79 Å². The van der Waals surface area contributed by atoms with Crippen LogP contribution in [0.4, 0.5) is 5.69 Å². The second-order valence-electron chi connectivity index (χ2n) is 5.47. The molecule has 0 aromatic heterocycles. The maximum absolute atomic E-state index is 12.3. The van der Waals surface area contributed by atoms with Crippen LogP contribution >= 0.6 is 23.2 Å². The molecule has 2 aromatic rings. The summed E-state index contributed by atoms with van der Waals surface area (Å²) >= 11 is 11.9. The molecule has 0 spiro atoms. The molecule has 0 aliphatic carbocycles. The van der Waals surface area contributed by atoms with E-state index in [1.54, 1.807) is 18.2 Å². The highest BCUT2D eigenvalue weighted by molar-refractivity contribution is 6.36. The number of carbonyl (C=O) groups excluding carboxylic acids is 1. The molecule has 0 heterocycles. The highest BCUT2D eigenvalue weighted by atomic mass is 35.5. The van der Waals surface area contributed by atoms with Crippen molar-refractivity contribution in [1.29, 1.82) is 0 Å². The van der Waals surface area contributed by atoms with Crippen molar-refractivity contribution in [2.24, 2.45) is 5.73 Å². The number of halogens is 2. The van der Waals surface area contributed by atoms with Crippen molar-refractivity contribution in [2.75, 3.05) is 31.5 Å². The lowest BCUT2D eigenvalue weighted by molar-refractivity contribution is -0.117. The third-order valence-electron chi connectivity index (χ3n) is 3.58. The molecule has 3 N–H and O–H groups in total.